The highest BCUT2D eigenvalue weighted by Gasteiger charge is 2.18. The zero-order valence-corrected chi connectivity index (χ0v) is 11.5. The largest absolute Gasteiger partial charge is 0.493 e. The van der Waals surface area contributed by atoms with Crippen LogP contribution >= 0.6 is 0 Å². The molecule has 0 unspecified atom stereocenters. The molecule has 0 saturated carbocycles. The molecule has 1 N–H and O–H groups in total. The molecule has 1 aliphatic heterocycles. The molecule has 1 fully saturated rings. The van der Waals surface area contributed by atoms with E-state index in [0.717, 1.165) is 11.3 Å². The van der Waals surface area contributed by atoms with Crippen molar-refractivity contribution in [3.63, 3.8) is 0 Å². The minimum atomic E-state index is -0.161. The highest BCUT2D eigenvalue weighted by Crippen LogP contribution is 2.19. The molecule has 0 bridgehead atoms. The Balaban J connectivity index is 2.05. The molecule has 106 valence electrons. The number of carbonyl (C=O) groups is 2. The number of benzene rings is 1. The van der Waals surface area contributed by atoms with E-state index in [-0.39, 0.29) is 18.4 Å². The minimum Gasteiger partial charge on any atom is -0.493 e. The molecule has 1 heterocycles. The van der Waals surface area contributed by atoms with Crippen molar-refractivity contribution in [1.82, 2.24) is 10.2 Å². The summed E-state index contributed by atoms with van der Waals surface area (Å²) < 4.78 is 5.49. The average molecular weight is 274 g/mol. The van der Waals surface area contributed by atoms with Gasteiger partial charge in [-0.05, 0) is 19.1 Å². The predicted molar refractivity (Wildman–Crippen MR) is 76.2 cm³/mol. The molecule has 2 rings (SSSR count). The van der Waals surface area contributed by atoms with Crippen LogP contribution in [0.15, 0.2) is 30.3 Å². The maximum Gasteiger partial charge on any atom is 0.247 e. The average Bonchev–Trinajstić information content (AvgIpc) is 2.46. The summed E-state index contributed by atoms with van der Waals surface area (Å²) in [5, 5.41) is 2.69. The Bertz CT molecular complexity index is 526. The third kappa shape index (κ3) is 3.60. The van der Waals surface area contributed by atoms with Crippen LogP contribution in [0.3, 0.4) is 0 Å². The lowest BCUT2D eigenvalue weighted by Crippen LogP contribution is -2.49. The van der Waals surface area contributed by atoms with E-state index in [4.69, 9.17) is 4.74 Å². The van der Waals surface area contributed by atoms with Gasteiger partial charge in [0.25, 0.3) is 0 Å². The molecule has 0 spiro atoms. The van der Waals surface area contributed by atoms with Gasteiger partial charge in [0.05, 0.1) is 13.2 Å². The highest BCUT2D eigenvalue weighted by molar-refractivity contribution is 5.95. The van der Waals surface area contributed by atoms with Crippen LogP contribution in [0.4, 0.5) is 0 Å². The molecular formula is C15H18N2O3. The van der Waals surface area contributed by atoms with Crippen LogP contribution < -0.4 is 10.1 Å². The zero-order valence-electron chi connectivity index (χ0n) is 11.5. The smallest absolute Gasteiger partial charge is 0.247 e. The zero-order chi connectivity index (χ0) is 14.4. The Kier molecular flexibility index (Phi) is 4.76. The number of rotatable bonds is 4. The highest BCUT2D eigenvalue weighted by atomic mass is 16.5. The molecule has 1 aromatic rings. The molecule has 0 aromatic heterocycles. The van der Waals surface area contributed by atoms with Crippen LogP contribution in [0.25, 0.3) is 6.08 Å². The predicted octanol–water partition coefficient (Wildman–Crippen LogP) is 1.06. The number of ether oxygens (including phenoxy) is 1. The van der Waals surface area contributed by atoms with E-state index in [1.54, 1.807) is 6.08 Å². The SMILES string of the molecule is CCOc1ccccc1C=CC(=O)N1CCNC(=O)C1. The Morgan fingerprint density at radius 2 is 2.25 bits per heavy atom. The fourth-order valence-corrected chi connectivity index (χ4v) is 2.00. The van der Waals surface area contributed by atoms with Crippen molar-refractivity contribution in [1.29, 1.82) is 0 Å². The van der Waals surface area contributed by atoms with Gasteiger partial charge in [-0.2, -0.15) is 0 Å². The fraction of sp³-hybridized carbons (Fsp3) is 0.333. The molecule has 0 aliphatic carbocycles. The molecule has 1 aromatic carbocycles. The summed E-state index contributed by atoms with van der Waals surface area (Å²) in [5.74, 6) is 0.467. The van der Waals surface area contributed by atoms with E-state index >= 15 is 0 Å². The molecule has 1 aliphatic rings. The summed E-state index contributed by atoms with van der Waals surface area (Å²) in [7, 11) is 0. The van der Waals surface area contributed by atoms with Gasteiger partial charge in [0.15, 0.2) is 0 Å². The number of nitrogens with one attached hydrogen (secondary N) is 1. The van der Waals surface area contributed by atoms with Gasteiger partial charge in [0, 0.05) is 24.7 Å². The van der Waals surface area contributed by atoms with Gasteiger partial charge in [0.1, 0.15) is 5.75 Å². The van der Waals surface area contributed by atoms with Crippen molar-refractivity contribution in [2.75, 3.05) is 26.2 Å². The van der Waals surface area contributed by atoms with Crippen molar-refractivity contribution in [3.05, 3.63) is 35.9 Å². The van der Waals surface area contributed by atoms with Crippen LogP contribution in [-0.4, -0.2) is 43.0 Å². The van der Waals surface area contributed by atoms with Crippen molar-refractivity contribution in [2.45, 2.75) is 6.92 Å². The first-order valence-electron chi connectivity index (χ1n) is 6.66. The number of hydrogen-bond donors (Lipinski definition) is 1. The van der Waals surface area contributed by atoms with E-state index in [2.05, 4.69) is 5.32 Å². The Hall–Kier alpha value is -2.30. The topological polar surface area (TPSA) is 58.6 Å². The quantitative estimate of drug-likeness (QED) is 0.835. The standard InChI is InChI=1S/C15H18N2O3/c1-2-20-13-6-4-3-5-12(13)7-8-15(19)17-10-9-16-14(18)11-17/h3-8H,2,9-11H2,1H3,(H,16,18). The Morgan fingerprint density at radius 1 is 1.45 bits per heavy atom. The molecule has 2 amide bonds. The summed E-state index contributed by atoms with van der Waals surface area (Å²) in [6.07, 6.45) is 3.20. The summed E-state index contributed by atoms with van der Waals surface area (Å²) in [6.45, 7) is 3.66. The molecular weight excluding hydrogens is 256 g/mol. The van der Waals surface area contributed by atoms with Gasteiger partial charge in [0.2, 0.25) is 11.8 Å². The van der Waals surface area contributed by atoms with Crippen LogP contribution in [-0.2, 0) is 9.59 Å². The lowest BCUT2D eigenvalue weighted by atomic mass is 10.2. The van der Waals surface area contributed by atoms with Crippen molar-refractivity contribution < 1.29 is 14.3 Å². The lowest BCUT2D eigenvalue weighted by Gasteiger charge is -2.25. The number of nitrogens with zero attached hydrogens (tertiary/aromatic N) is 1. The fourth-order valence-electron chi connectivity index (χ4n) is 2.00. The Labute approximate surface area is 118 Å². The second-order valence-electron chi connectivity index (χ2n) is 4.41. The maximum atomic E-state index is 12.0. The van der Waals surface area contributed by atoms with Gasteiger partial charge in [-0.25, -0.2) is 0 Å². The first-order valence-corrected chi connectivity index (χ1v) is 6.66. The van der Waals surface area contributed by atoms with E-state index in [1.807, 2.05) is 31.2 Å². The van der Waals surface area contributed by atoms with E-state index in [1.165, 1.54) is 11.0 Å². The van der Waals surface area contributed by atoms with E-state index in [0.29, 0.717) is 19.7 Å². The Morgan fingerprint density at radius 3 is 3.00 bits per heavy atom. The normalized spacial score (nSPS) is 15.2. The summed E-state index contributed by atoms with van der Waals surface area (Å²) in [4.78, 5) is 24.8. The molecule has 5 heteroatoms. The second-order valence-corrected chi connectivity index (χ2v) is 4.41. The molecule has 5 nitrogen and oxygen atoms in total. The van der Waals surface area contributed by atoms with E-state index < -0.39 is 0 Å². The first-order chi connectivity index (χ1) is 9.70. The third-order valence-corrected chi connectivity index (χ3v) is 2.97. The van der Waals surface area contributed by atoms with Crippen LogP contribution in [0.5, 0.6) is 5.75 Å². The molecule has 1 saturated heterocycles. The second kappa shape index (κ2) is 6.75. The van der Waals surface area contributed by atoms with E-state index in [9.17, 15) is 9.59 Å². The van der Waals surface area contributed by atoms with Gasteiger partial charge < -0.3 is 15.0 Å². The number of amides is 2. The lowest BCUT2D eigenvalue weighted by molar-refractivity contribution is -0.134. The van der Waals surface area contributed by atoms with Crippen molar-refractivity contribution >= 4 is 17.9 Å². The number of piperazine rings is 1. The van der Waals surface area contributed by atoms with Crippen LogP contribution in [0.1, 0.15) is 12.5 Å². The minimum absolute atomic E-state index is 0.118. The van der Waals surface area contributed by atoms with Gasteiger partial charge in [-0.3, -0.25) is 9.59 Å². The summed E-state index contributed by atoms with van der Waals surface area (Å²) >= 11 is 0. The summed E-state index contributed by atoms with van der Waals surface area (Å²) in [6, 6.07) is 7.53. The third-order valence-electron chi connectivity index (χ3n) is 2.97. The van der Waals surface area contributed by atoms with Gasteiger partial charge in [-0.1, -0.05) is 18.2 Å². The van der Waals surface area contributed by atoms with Gasteiger partial charge >= 0.3 is 0 Å². The van der Waals surface area contributed by atoms with Crippen molar-refractivity contribution in [3.8, 4) is 5.75 Å². The van der Waals surface area contributed by atoms with Crippen LogP contribution in [0, 0.1) is 0 Å². The molecule has 20 heavy (non-hydrogen) atoms. The molecule has 0 radical (unpaired) electrons. The van der Waals surface area contributed by atoms with Crippen molar-refractivity contribution in [2.24, 2.45) is 0 Å². The maximum absolute atomic E-state index is 12.0. The van der Waals surface area contributed by atoms with Gasteiger partial charge in [-0.15, -0.1) is 0 Å². The first kappa shape index (κ1) is 14.1. The monoisotopic (exact) mass is 274 g/mol. The number of carbonyl (C=O) groups excluding carboxylic acids is 2. The molecule has 0 atom stereocenters. The summed E-state index contributed by atoms with van der Waals surface area (Å²) in [5.41, 5.74) is 0.851. The number of para-hydroxylation sites is 1. The number of hydrogen-bond acceptors (Lipinski definition) is 3. The van der Waals surface area contributed by atoms with Crippen LogP contribution in [0.2, 0.25) is 0 Å².